The summed E-state index contributed by atoms with van der Waals surface area (Å²) in [5, 5.41) is 4.85. The van der Waals surface area contributed by atoms with E-state index >= 15 is 0 Å². The molecule has 4 nitrogen and oxygen atoms in total. The molecule has 0 radical (unpaired) electrons. The molecule has 6 heteroatoms. The van der Waals surface area contributed by atoms with Crippen molar-refractivity contribution in [2.24, 2.45) is 5.92 Å². The average molecular weight is 406 g/mol. The number of para-hydroxylation sites is 1. The van der Waals surface area contributed by atoms with E-state index in [0.717, 1.165) is 16.8 Å². The number of nitrogens with zero attached hydrogens (tertiary/aromatic N) is 1. The molecule has 2 aliphatic heterocycles. The molecule has 3 atom stereocenters. The third-order valence-electron chi connectivity index (χ3n) is 6.20. The summed E-state index contributed by atoms with van der Waals surface area (Å²) in [6, 6.07) is 17.5. The third kappa shape index (κ3) is 2.52. The maximum atomic E-state index is 13.8. The number of amides is 1. The van der Waals surface area contributed by atoms with E-state index in [1.165, 1.54) is 23.5 Å². The fourth-order valence-electron chi connectivity index (χ4n) is 4.98. The average Bonchev–Trinajstić information content (AvgIpc) is 3.42. The molecule has 1 spiro atoms. The van der Waals surface area contributed by atoms with Crippen LogP contribution in [0.2, 0.25) is 0 Å². The highest BCUT2D eigenvalue weighted by Crippen LogP contribution is 2.55. The Bertz CT molecular complexity index is 1100. The normalized spacial score (nSPS) is 25.9. The first-order valence-electron chi connectivity index (χ1n) is 9.49. The number of nitrogens with one attached hydrogen (secondary N) is 1. The Balaban J connectivity index is 1.73. The molecule has 3 aromatic rings. The van der Waals surface area contributed by atoms with Crippen LogP contribution in [-0.4, -0.2) is 30.2 Å². The lowest BCUT2D eigenvalue weighted by molar-refractivity contribution is -0.126. The molecule has 29 heavy (non-hydrogen) atoms. The molecular formula is C23H19FN2O2S. The second-order valence-electron chi connectivity index (χ2n) is 7.62. The van der Waals surface area contributed by atoms with Gasteiger partial charge in [0.25, 0.3) is 0 Å². The smallest absolute Gasteiger partial charge is 0.250 e. The molecular weight excluding hydrogens is 387 g/mol. The number of fused-ring (bicyclic) bond motifs is 2. The number of likely N-dealkylation sites (N-methyl/N-ethyl adjacent to an activating group) is 1. The molecule has 1 fully saturated rings. The van der Waals surface area contributed by atoms with Gasteiger partial charge < -0.3 is 5.32 Å². The SMILES string of the molecule is CN1CC(c2ccc(F)cc2)C(C(=O)c2cccs2)C12C(=O)Nc1ccccc12. The van der Waals surface area contributed by atoms with E-state index in [9.17, 15) is 14.0 Å². The van der Waals surface area contributed by atoms with E-state index in [4.69, 9.17) is 0 Å². The summed E-state index contributed by atoms with van der Waals surface area (Å²) in [5.74, 6) is -1.39. The van der Waals surface area contributed by atoms with Gasteiger partial charge in [-0.05, 0) is 42.3 Å². The molecule has 1 amide bonds. The van der Waals surface area contributed by atoms with Crippen molar-refractivity contribution in [1.82, 2.24) is 4.90 Å². The van der Waals surface area contributed by atoms with E-state index in [1.807, 2.05) is 47.7 Å². The topological polar surface area (TPSA) is 49.4 Å². The molecule has 146 valence electrons. The van der Waals surface area contributed by atoms with Crippen LogP contribution in [-0.2, 0) is 10.3 Å². The number of Topliss-reactive ketones (excluding diaryl/α,β-unsaturated/α-hetero) is 1. The van der Waals surface area contributed by atoms with E-state index in [0.29, 0.717) is 11.4 Å². The molecule has 0 aliphatic carbocycles. The minimum atomic E-state index is -1.09. The number of likely N-dealkylation sites (tertiary alicyclic amines) is 1. The van der Waals surface area contributed by atoms with Crippen LogP contribution < -0.4 is 5.32 Å². The minimum Gasteiger partial charge on any atom is -0.324 e. The number of rotatable bonds is 3. The highest BCUT2D eigenvalue weighted by Gasteiger charge is 2.64. The van der Waals surface area contributed by atoms with Crippen LogP contribution in [0, 0.1) is 11.7 Å². The molecule has 5 rings (SSSR count). The summed E-state index contributed by atoms with van der Waals surface area (Å²) in [6.45, 7) is 0.523. The largest absolute Gasteiger partial charge is 0.324 e. The highest BCUT2D eigenvalue weighted by atomic mass is 32.1. The number of carbonyl (C=O) groups excluding carboxylic acids is 2. The summed E-state index contributed by atoms with van der Waals surface area (Å²) in [4.78, 5) is 29.8. The van der Waals surface area contributed by atoms with Crippen LogP contribution in [0.1, 0.15) is 26.7 Å². The van der Waals surface area contributed by atoms with Crippen molar-refractivity contribution in [3.8, 4) is 0 Å². The molecule has 3 unspecified atom stereocenters. The van der Waals surface area contributed by atoms with Gasteiger partial charge in [-0.2, -0.15) is 0 Å². The van der Waals surface area contributed by atoms with Crippen LogP contribution in [0.4, 0.5) is 10.1 Å². The zero-order valence-electron chi connectivity index (χ0n) is 15.8. The Labute approximate surface area is 172 Å². The van der Waals surface area contributed by atoms with Crippen LogP contribution in [0.25, 0.3) is 0 Å². The van der Waals surface area contributed by atoms with Crippen molar-refractivity contribution in [3.05, 3.63) is 87.9 Å². The van der Waals surface area contributed by atoms with Crippen molar-refractivity contribution in [3.63, 3.8) is 0 Å². The van der Waals surface area contributed by atoms with E-state index in [1.54, 1.807) is 18.2 Å². The third-order valence-corrected chi connectivity index (χ3v) is 7.09. The van der Waals surface area contributed by atoms with Gasteiger partial charge in [-0.25, -0.2) is 4.39 Å². The van der Waals surface area contributed by atoms with Crippen LogP contribution in [0.5, 0.6) is 0 Å². The van der Waals surface area contributed by atoms with E-state index in [2.05, 4.69) is 5.32 Å². The molecule has 0 saturated carbocycles. The van der Waals surface area contributed by atoms with Crippen molar-refractivity contribution in [2.75, 3.05) is 18.9 Å². The lowest BCUT2D eigenvalue weighted by Gasteiger charge is -2.35. The Hall–Kier alpha value is -2.83. The number of hydrogen-bond acceptors (Lipinski definition) is 4. The maximum Gasteiger partial charge on any atom is 0.250 e. The Kier molecular flexibility index (Phi) is 4.15. The number of halogens is 1. The predicted molar refractivity (Wildman–Crippen MR) is 111 cm³/mol. The lowest BCUT2D eigenvalue weighted by Crippen LogP contribution is -2.51. The molecule has 0 bridgehead atoms. The molecule has 1 saturated heterocycles. The summed E-state index contributed by atoms with van der Waals surface area (Å²) >= 11 is 1.38. The van der Waals surface area contributed by atoms with E-state index in [-0.39, 0.29) is 23.4 Å². The number of anilines is 1. The van der Waals surface area contributed by atoms with Gasteiger partial charge in [0, 0.05) is 23.7 Å². The number of thiophene rings is 1. The summed E-state index contributed by atoms with van der Waals surface area (Å²) < 4.78 is 13.5. The summed E-state index contributed by atoms with van der Waals surface area (Å²) in [5.41, 5.74) is 1.35. The van der Waals surface area contributed by atoms with E-state index < -0.39 is 11.5 Å². The van der Waals surface area contributed by atoms with Gasteiger partial charge in [-0.3, -0.25) is 14.5 Å². The number of carbonyl (C=O) groups is 2. The Morgan fingerprint density at radius 3 is 2.62 bits per heavy atom. The number of benzene rings is 2. The fourth-order valence-corrected chi connectivity index (χ4v) is 5.68. The second-order valence-corrected chi connectivity index (χ2v) is 8.57. The Morgan fingerprint density at radius 1 is 1.14 bits per heavy atom. The monoisotopic (exact) mass is 406 g/mol. The minimum absolute atomic E-state index is 0.0504. The first kappa shape index (κ1) is 18.2. The van der Waals surface area contributed by atoms with Gasteiger partial charge in [0.05, 0.1) is 10.8 Å². The van der Waals surface area contributed by atoms with Gasteiger partial charge in [0.15, 0.2) is 5.78 Å². The van der Waals surface area contributed by atoms with Gasteiger partial charge in [-0.15, -0.1) is 11.3 Å². The summed E-state index contributed by atoms with van der Waals surface area (Å²) in [6.07, 6.45) is 0. The van der Waals surface area contributed by atoms with Gasteiger partial charge >= 0.3 is 0 Å². The molecule has 3 heterocycles. The first-order chi connectivity index (χ1) is 14.0. The zero-order chi connectivity index (χ0) is 20.2. The van der Waals surface area contributed by atoms with Crippen molar-refractivity contribution in [1.29, 1.82) is 0 Å². The first-order valence-corrected chi connectivity index (χ1v) is 10.4. The van der Waals surface area contributed by atoms with Crippen molar-refractivity contribution < 1.29 is 14.0 Å². The van der Waals surface area contributed by atoms with Crippen molar-refractivity contribution in [2.45, 2.75) is 11.5 Å². The van der Waals surface area contributed by atoms with Crippen LogP contribution in [0.3, 0.4) is 0 Å². The maximum absolute atomic E-state index is 13.8. The number of ketones is 1. The standard InChI is InChI=1S/C23H19FN2O2S/c1-26-13-16(14-8-10-15(24)11-9-14)20(21(27)19-7-4-12-29-19)23(26)17-5-2-3-6-18(17)25-22(23)28/h2-12,16,20H,13H2,1H3,(H,25,28). The zero-order valence-corrected chi connectivity index (χ0v) is 16.6. The fraction of sp³-hybridized carbons (Fsp3) is 0.217. The second kappa shape index (κ2) is 6.61. The van der Waals surface area contributed by atoms with Crippen LogP contribution >= 0.6 is 11.3 Å². The van der Waals surface area contributed by atoms with Gasteiger partial charge in [-0.1, -0.05) is 36.4 Å². The van der Waals surface area contributed by atoms with Gasteiger partial charge in [0.1, 0.15) is 11.4 Å². The summed E-state index contributed by atoms with van der Waals surface area (Å²) in [7, 11) is 1.89. The quantitative estimate of drug-likeness (QED) is 0.661. The molecule has 2 aliphatic rings. The predicted octanol–water partition coefficient (Wildman–Crippen LogP) is 4.26. The molecule has 1 N–H and O–H groups in total. The molecule has 1 aromatic heterocycles. The Morgan fingerprint density at radius 2 is 1.90 bits per heavy atom. The van der Waals surface area contributed by atoms with Crippen LogP contribution in [0.15, 0.2) is 66.0 Å². The van der Waals surface area contributed by atoms with Crippen molar-refractivity contribution >= 4 is 28.7 Å². The lowest BCUT2D eigenvalue weighted by atomic mass is 9.71. The number of hydrogen-bond donors (Lipinski definition) is 1. The molecule has 2 aromatic carbocycles. The van der Waals surface area contributed by atoms with Gasteiger partial charge in [0.2, 0.25) is 5.91 Å². The highest BCUT2D eigenvalue weighted by molar-refractivity contribution is 7.12.